The van der Waals surface area contributed by atoms with Crippen LogP contribution < -0.4 is 10.0 Å². The summed E-state index contributed by atoms with van der Waals surface area (Å²) in [6, 6.07) is 12.5. The molecule has 1 unspecified atom stereocenters. The molecule has 0 fully saturated rings. The highest BCUT2D eigenvalue weighted by atomic mass is 32.2. The van der Waals surface area contributed by atoms with Crippen molar-refractivity contribution < 1.29 is 13.2 Å². The van der Waals surface area contributed by atoms with E-state index in [1.807, 2.05) is 38.1 Å². The van der Waals surface area contributed by atoms with Gasteiger partial charge in [-0.2, -0.15) is 0 Å². The molecule has 5 nitrogen and oxygen atoms in total. The number of carbonyl (C=O) groups excluding carboxylic acids is 1. The third kappa shape index (κ3) is 4.23. The van der Waals surface area contributed by atoms with Crippen LogP contribution in [0, 0.1) is 12.8 Å². The lowest BCUT2D eigenvalue weighted by Crippen LogP contribution is -2.24. The maximum Gasteiger partial charge on any atom is 0.240 e. The lowest BCUT2D eigenvalue weighted by Gasteiger charge is -2.11. The molecule has 132 valence electrons. The minimum Gasteiger partial charge on any atom is -0.325 e. The van der Waals surface area contributed by atoms with Gasteiger partial charge in [-0.15, -0.1) is 11.8 Å². The Hall–Kier alpha value is -1.83. The second-order valence-electron chi connectivity index (χ2n) is 6.17. The fourth-order valence-electron chi connectivity index (χ4n) is 2.53. The molecule has 3 rings (SSSR count). The first kappa shape index (κ1) is 18.0. The van der Waals surface area contributed by atoms with Crippen molar-refractivity contribution in [1.82, 2.24) is 4.72 Å². The van der Waals surface area contributed by atoms with Crippen LogP contribution in [0.1, 0.15) is 18.1 Å². The highest BCUT2D eigenvalue weighted by Crippen LogP contribution is 2.34. The van der Waals surface area contributed by atoms with Crippen molar-refractivity contribution in [2.45, 2.75) is 30.2 Å². The molecule has 1 heterocycles. The molecule has 0 radical (unpaired) electrons. The number of benzene rings is 2. The number of hydrogen-bond donors (Lipinski definition) is 2. The molecule has 0 saturated heterocycles. The zero-order valence-corrected chi connectivity index (χ0v) is 15.7. The summed E-state index contributed by atoms with van der Waals surface area (Å²) in [6.45, 7) is 4.04. The molecule has 1 aliphatic rings. The molecule has 0 saturated carbocycles. The second kappa shape index (κ2) is 7.19. The van der Waals surface area contributed by atoms with Crippen molar-refractivity contribution in [3.63, 3.8) is 0 Å². The molecule has 0 spiro atoms. The van der Waals surface area contributed by atoms with E-state index < -0.39 is 10.0 Å². The molecule has 2 aromatic carbocycles. The number of amides is 1. The van der Waals surface area contributed by atoms with E-state index in [4.69, 9.17) is 0 Å². The van der Waals surface area contributed by atoms with Crippen LogP contribution in [-0.4, -0.2) is 20.1 Å². The van der Waals surface area contributed by atoms with E-state index in [2.05, 4.69) is 10.0 Å². The first-order valence-corrected chi connectivity index (χ1v) is 10.4. The number of fused-ring (bicyclic) bond motifs is 1. The molecule has 1 atom stereocenters. The molecule has 1 aliphatic heterocycles. The smallest absolute Gasteiger partial charge is 0.240 e. The Bertz CT molecular complexity index is 910. The molecule has 2 N–H and O–H groups in total. The van der Waals surface area contributed by atoms with Gasteiger partial charge in [-0.1, -0.05) is 36.8 Å². The van der Waals surface area contributed by atoms with E-state index >= 15 is 0 Å². The monoisotopic (exact) mass is 376 g/mol. The zero-order chi connectivity index (χ0) is 18.0. The Morgan fingerprint density at radius 2 is 2.04 bits per heavy atom. The number of anilines is 1. The van der Waals surface area contributed by atoms with Crippen molar-refractivity contribution in [1.29, 1.82) is 0 Å². The average Bonchev–Trinajstić information content (AvgIpc) is 2.72. The number of rotatable bonds is 4. The molecule has 25 heavy (non-hydrogen) atoms. The van der Waals surface area contributed by atoms with Gasteiger partial charge < -0.3 is 5.32 Å². The van der Waals surface area contributed by atoms with Crippen LogP contribution in [0.25, 0.3) is 0 Å². The van der Waals surface area contributed by atoms with Crippen LogP contribution in [0.5, 0.6) is 0 Å². The van der Waals surface area contributed by atoms with Gasteiger partial charge in [-0.3, -0.25) is 4.79 Å². The van der Waals surface area contributed by atoms with Crippen LogP contribution in [-0.2, 0) is 21.4 Å². The number of carbonyl (C=O) groups is 1. The number of aryl methyl sites for hydroxylation is 1. The zero-order valence-electron chi connectivity index (χ0n) is 14.1. The minimum absolute atomic E-state index is 0.0893. The second-order valence-corrected chi connectivity index (χ2v) is 9.00. The van der Waals surface area contributed by atoms with Gasteiger partial charge in [0.2, 0.25) is 15.9 Å². The highest BCUT2D eigenvalue weighted by Gasteiger charge is 2.22. The molecule has 2 aromatic rings. The normalized spacial score (nSPS) is 17.5. The first-order valence-electron chi connectivity index (χ1n) is 7.98. The van der Waals surface area contributed by atoms with E-state index in [1.165, 1.54) is 6.07 Å². The van der Waals surface area contributed by atoms with Crippen LogP contribution in [0.4, 0.5) is 5.69 Å². The van der Waals surface area contributed by atoms with E-state index in [1.54, 1.807) is 23.9 Å². The highest BCUT2D eigenvalue weighted by molar-refractivity contribution is 7.99. The summed E-state index contributed by atoms with van der Waals surface area (Å²) >= 11 is 1.55. The van der Waals surface area contributed by atoms with Gasteiger partial charge >= 0.3 is 0 Å². The Kier molecular flexibility index (Phi) is 5.17. The summed E-state index contributed by atoms with van der Waals surface area (Å²) < 4.78 is 27.8. The van der Waals surface area contributed by atoms with Crippen molar-refractivity contribution in [3.05, 3.63) is 53.6 Å². The van der Waals surface area contributed by atoms with Crippen molar-refractivity contribution in [3.8, 4) is 0 Å². The van der Waals surface area contributed by atoms with Crippen LogP contribution in [0.15, 0.2) is 52.3 Å². The van der Waals surface area contributed by atoms with Crippen molar-refractivity contribution in [2.24, 2.45) is 5.92 Å². The van der Waals surface area contributed by atoms with Crippen LogP contribution >= 0.6 is 11.8 Å². The van der Waals surface area contributed by atoms with Gasteiger partial charge in [-0.05, 0) is 30.7 Å². The molecular formula is C18H20N2O3S2. The summed E-state index contributed by atoms with van der Waals surface area (Å²) in [5, 5.41) is 2.81. The van der Waals surface area contributed by atoms with Crippen molar-refractivity contribution in [2.75, 3.05) is 11.1 Å². The lowest BCUT2D eigenvalue weighted by atomic mass is 10.1. The maximum atomic E-state index is 12.6. The maximum absolute atomic E-state index is 12.6. The van der Waals surface area contributed by atoms with Crippen molar-refractivity contribution >= 4 is 33.4 Å². The van der Waals surface area contributed by atoms with E-state index in [0.717, 1.165) is 16.0 Å². The van der Waals surface area contributed by atoms with E-state index in [-0.39, 0.29) is 23.3 Å². The van der Waals surface area contributed by atoms with Crippen LogP contribution in [0.3, 0.4) is 0 Å². The molecule has 7 heteroatoms. The molecule has 1 amide bonds. The summed E-state index contributed by atoms with van der Waals surface area (Å²) in [6.07, 6.45) is 0. The van der Waals surface area contributed by atoms with Gasteiger partial charge in [0.25, 0.3) is 0 Å². The van der Waals surface area contributed by atoms with Gasteiger partial charge in [0.15, 0.2) is 0 Å². The predicted molar refractivity (Wildman–Crippen MR) is 100 cm³/mol. The average molecular weight is 377 g/mol. The Morgan fingerprint density at radius 1 is 1.24 bits per heavy atom. The van der Waals surface area contributed by atoms with Gasteiger partial charge in [0.1, 0.15) is 0 Å². The number of thioether (sulfide) groups is 1. The Balaban J connectivity index is 1.81. The summed E-state index contributed by atoms with van der Waals surface area (Å²) in [4.78, 5) is 13.0. The quantitative estimate of drug-likeness (QED) is 0.859. The topological polar surface area (TPSA) is 75.3 Å². The fraction of sp³-hybridized carbons (Fsp3) is 0.278. The fourth-order valence-corrected chi connectivity index (χ4v) is 4.58. The third-order valence-corrected chi connectivity index (χ3v) is 6.74. The van der Waals surface area contributed by atoms with E-state index in [0.29, 0.717) is 11.4 Å². The largest absolute Gasteiger partial charge is 0.325 e. The summed E-state index contributed by atoms with van der Waals surface area (Å²) in [5.41, 5.74) is 2.53. The lowest BCUT2D eigenvalue weighted by molar-refractivity contribution is -0.118. The van der Waals surface area contributed by atoms with E-state index in [9.17, 15) is 13.2 Å². The molecule has 0 aliphatic carbocycles. The first-order chi connectivity index (χ1) is 11.8. The standard InChI is InChI=1S/C18H20N2O3S2/c1-12-4-3-5-14(8-12)10-19-25(22,23)15-6-7-17-16(9-15)20-18(21)13(2)11-24-17/h3-9,13,19H,10-11H2,1-2H3,(H,20,21). The Morgan fingerprint density at radius 3 is 2.80 bits per heavy atom. The summed E-state index contributed by atoms with van der Waals surface area (Å²) in [7, 11) is -3.66. The number of hydrogen-bond acceptors (Lipinski definition) is 4. The molecule has 0 bridgehead atoms. The summed E-state index contributed by atoms with van der Waals surface area (Å²) in [5.74, 6) is 0.474. The van der Waals surface area contributed by atoms with Gasteiger partial charge in [-0.25, -0.2) is 13.1 Å². The number of sulfonamides is 1. The Labute approximate surface area is 152 Å². The number of nitrogens with one attached hydrogen (secondary N) is 2. The van der Waals surface area contributed by atoms with Gasteiger partial charge in [0, 0.05) is 23.1 Å². The van der Waals surface area contributed by atoms with Crippen LogP contribution in [0.2, 0.25) is 0 Å². The predicted octanol–water partition coefficient (Wildman–Crippen LogP) is 3.15. The SMILES string of the molecule is Cc1cccc(CNS(=O)(=O)c2ccc3c(c2)NC(=O)C(C)CS3)c1. The minimum atomic E-state index is -3.66. The molecular weight excluding hydrogens is 356 g/mol. The van der Waals surface area contributed by atoms with Gasteiger partial charge in [0.05, 0.1) is 10.6 Å². The third-order valence-electron chi connectivity index (χ3n) is 4.00. The molecule has 0 aromatic heterocycles.